The average Bonchev–Trinajstić information content (AvgIpc) is 3.09. The zero-order valence-corrected chi connectivity index (χ0v) is 15.0. The van der Waals surface area contributed by atoms with Gasteiger partial charge in [-0.25, -0.2) is 14.6 Å². The minimum Gasteiger partial charge on any atom is -0.479 e. The standard InChI is InChI=1S/C19H20N6O2/c1-12-4-2-3-5-14-8-13(6-7-20-14)17-16(23-18(12)26)11-25(24-17)15-9-21-19(27)22-10-15/h6-12H,2-5H2,1H3,(H,23,26)(H,21,22,27). The summed E-state index contributed by atoms with van der Waals surface area (Å²) >= 11 is 0. The molecule has 0 radical (unpaired) electrons. The smallest absolute Gasteiger partial charge is 0.313 e. The molecule has 1 atom stereocenters. The Morgan fingerprint density at radius 2 is 2.04 bits per heavy atom. The SMILES string of the molecule is CC1CCCCc2cc(ccn2)-c2nn(-c3cnc(O)nc3)cc2NC1=O. The molecular formula is C19H20N6O2. The predicted octanol–water partition coefficient (Wildman–Crippen LogP) is 2.73. The number of hydrogen-bond donors (Lipinski definition) is 2. The molecule has 0 aromatic carbocycles. The van der Waals surface area contributed by atoms with Gasteiger partial charge >= 0.3 is 6.01 Å². The highest BCUT2D eigenvalue weighted by molar-refractivity contribution is 5.95. The van der Waals surface area contributed by atoms with Crippen LogP contribution in [-0.4, -0.2) is 35.7 Å². The highest BCUT2D eigenvalue weighted by Crippen LogP contribution is 2.29. The molecule has 8 heteroatoms. The molecular weight excluding hydrogens is 344 g/mol. The fourth-order valence-electron chi connectivity index (χ4n) is 3.15. The van der Waals surface area contributed by atoms with Gasteiger partial charge in [-0.15, -0.1) is 0 Å². The number of hydrogen-bond acceptors (Lipinski definition) is 6. The van der Waals surface area contributed by atoms with Crippen molar-refractivity contribution in [1.82, 2.24) is 24.7 Å². The Morgan fingerprint density at radius 3 is 2.85 bits per heavy atom. The van der Waals surface area contributed by atoms with Gasteiger partial charge in [0.05, 0.1) is 24.3 Å². The summed E-state index contributed by atoms with van der Waals surface area (Å²) in [6, 6.07) is 3.60. The van der Waals surface area contributed by atoms with E-state index in [1.165, 1.54) is 12.4 Å². The van der Waals surface area contributed by atoms with E-state index in [1.54, 1.807) is 17.1 Å². The number of carbonyl (C=O) groups excluding carboxylic acids is 1. The van der Waals surface area contributed by atoms with Crippen LogP contribution >= 0.6 is 0 Å². The normalized spacial score (nSPS) is 17.4. The number of aromatic hydroxyl groups is 1. The molecule has 3 aromatic rings. The molecule has 0 aliphatic carbocycles. The molecule has 1 amide bonds. The second kappa shape index (κ2) is 7.14. The van der Waals surface area contributed by atoms with E-state index in [0.29, 0.717) is 17.1 Å². The first-order chi connectivity index (χ1) is 13.1. The second-order valence-corrected chi connectivity index (χ2v) is 6.75. The van der Waals surface area contributed by atoms with Gasteiger partial charge in [0.25, 0.3) is 0 Å². The molecule has 138 valence electrons. The topological polar surface area (TPSA) is 106 Å². The molecule has 4 heterocycles. The lowest BCUT2D eigenvalue weighted by Crippen LogP contribution is -2.20. The van der Waals surface area contributed by atoms with Crippen LogP contribution in [0.5, 0.6) is 6.01 Å². The minimum absolute atomic E-state index is 0.0207. The van der Waals surface area contributed by atoms with Crippen molar-refractivity contribution < 1.29 is 9.90 Å². The molecule has 0 fully saturated rings. The molecule has 8 nitrogen and oxygen atoms in total. The van der Waals surface area contributed by atoms with Crippen LogP contribution in [0.3, 0.4) is 0 Å². The molecule has 3 aromatic heterocycles. The zero-order valence-electron chi connectivity index (χ0n) is 15.0. The second-order valence-electron chi connectivity index (χ2n) is 6.75. The average molecular weight is 364 g/mol. The number of nitrogens with one attached hydrogen (secondary N) is 1. The van der Waals surface area contributed by atoms with Crippen LogP contribution in [0.2, 0.25) is 0 Å². The maximum Gasteiger partial charge on any atom is 0.313 e. The number of aryl methyl sites for hydroxylation is 1. The quantitative estimate of drug-likeness (QED) is 0.688. The molecule has 0 saturated heterocycles. The Bertz CT molecular complexity index is 967. The lowest BCUT2D eigenvalue weighted by Gasteiger charge is -2.13. The van der Waals surface area contributed by atoms with E-state index in [4.69, 9.17) is 0 Å². The monoisotopic (exact) mass is 364 g/mol. The van der Waals surface area contributed by atoms with Gasteiger partial charge in [0.15, 0.2) is 0 Å². The number of carbonyl (C=O) groups is 1. The van der Waals surface area contributed by atoms with Gasteiger partial charge in [-0.05, 0) is 31.4 Å². The largest absolute Gasteiger partial charge is 0.479 e. The van der Waals surface area contributed by atoms with Crippen molar-refractivity contribution in [3.8, 4) is 23.0 Å². The van der Waals surface area contributed by atoms with Crippen LogP contribution in [0, 0.1) is 5.92 Å². The number of rotatable bonds is 1. The van der Waals surface area contributed by atoms with E-state index >= 15 is 0 Å². The third kappa shape index (κ3) is 3.64. The van der Waals surface area contributed by atoms with Crippen molar-refractivity contribution in [3.05, 3.63) is 42.6 Å². The van der Waals surface area contributed by atoms with E-state index in [1.807, 2.05) is 19.1 Å². The van der Waals surface area contributed by atoms with Gasteiger partial charge in [0.2, 0.25) is 5.91 Å². The Morgan fingerprint density at radius 1 is 1.22 bits per heavy atom. The van der Waals surface area contributed by atoms with E-state index in [2.05, 4.69) is 25.4 Å². The Labute approximate surface area is 156 Å². The third-order valence-electron chi connectivity index (χ3n) is 4.72. The molecule has 0 spiro atoms. The van der Waals surface area contributed by atoms with E-state index < -0.39 is 0 Å². The van der Waals surface area contributed by atoms with Gasteiger partial charge in [-0.2, -0.15) is 5.10 Å². The van der Waals surface area contributed by atoms with Crippen molar-refractivity contribution in [3.63, 3.8) is 0 Å². The van der Waals surface area contributed by atoms with Crippen LogP contribution in [-0.2, 0) is 11.2 Å². The predicted molar refractivity (Wildman–Crippen MR) is 99.4 cm³/mol. The maximum absolute atomic E-state index is 12.6. The summed E-state index contributed by atoms with van der Waals surface area (Å²) in [6.45, 7) is 1.94. The molecule has 27 heavy (non-hydrogen) atoms. The van der Waals surface area contributed by atoms with Crippen LogP contribution < -0.4 is 5.32 Å². The summed E-state index contributed by atoms with van der Waals surface area (Å²) in [4.78, 5) is 24.6. The molecule has 1 unspecified atom stereocenters. The minimum atomic E-state index is -0.300. The molecule has 0 saturated carbocycles. The lowest BCUT2D eigenvalue weighted by atomic mass is 10.00. The van der Waals surface area contributed by atoms with E-state index in [-0.39, 0.29) is 17.8 Å². The van der Waals surface area contributed by atoms with Crippen LogP contribution in [0.4, 0.5) is 5.69 Å². The summed E-state index contributed by atoms with van der Waals surface area (Å²) in [7, 11) is 0. The Hall–Kier alpha value is -3.29. The van der Waals surface area contributed by atoms with Crippen molar-refractivity contribution in [1.29, 1.82) is 0 Å². The summed E-state index contributed by atoms with van der Waals surface area (Å²) in [5.74, 6) is -0.100. The number of anilines is 1. The number of fused-ring (bicyclic) bond motifs is 4. The first-order valence-corrected chi connectivity index (χ1v) is 8.97. The van der Waals surface area contributed by atoms with Gasteiger partial charge in [-0.1, -0.05) is 13.3 Å². The molecule has 1 aliphatic rings. The van der Waals surface area contributed by atoms with Crippen molar-refractivity contribution in [2.24, 2.45) is 5.92 Å². The Balaban J connectivity index is 1.81. The summed E-state index contributed by atoms with van der Waals surface area (Å²) in [5, 5.41) is 16.9. The van der Waals surface area contributed by atoms with Crippen molar-refractivity contribution >= 4 is 11.6 Å². The third-order valence-corrected chi connectivity index (χ3v) is 4.72. The summed E-state index contributed by atoms with van der Waals surface area (Å²) in [5.41, 5.74) is 3.77. The Kier molecular flexibility index (Phi) is 4.53. The first kappa shape index (κ1) is 17.1. The molecule has 2 bridgehead atoms. The van der Waals surface area contributed by atoms with Crippen LogP contribution in [0.25, 0.3) is 16.9 Å². The summed E-state index contributed by atoms with van der Waals surface area (Å²) < 4.78 is 1.59. The van der Waals surface area contributed by atoms with Crippen molar-refractivity contribution in [2.45, 2.75) is 32.6 Å². The highest BCUT2D eigenvalue weighted by Gasteiger charge is 2.20. The van der Waals surface area contributed by atoms with Crippen LogP contribution in [0.15, 0.2) is 36.9 Å². The summed E-state index contributed by atoms with van der Waals surface area (Å²) in [6.07, 6.45) is 10.1. The fourth-order valence-corrected chi connectivity index (χ4v) is 3.15. The van der Waals surface area contributed by atoms with Gasteiger partial charge in [0.1, 0.15) is 11.4 Å². The number of amides is 1. The van der Waals surface area contributed by atoms with E-state index in [0.717, 1.165) is 36.9 Å². The zero-order chi connectivity index (χ0) is 18.8. The number of pyridine rings is 1. The van der Waals surface area contributed by atoms with Gasteiger partial charge in [-0.3, -0.25) is 9.78 Å². The molecule has 2 N–H and O–H groups in total. The first-order valence-electron chi connectivity index (χ1n) is 8.97. The van der Waals surface area contributed by atoms with E-state index in [9.17, 15) is 9.90 Å². The molecule has 4 rings (SSSR count). The fraction of sp³-hybridized carbons (Fsp3) is 0.316. The van der Waals surface area contributed by atoms with Crippen molar-refractivity contribution in [2.75, 3.05) is 5.32 Å². The lowest BCUT2D eigenvalue weighted by molar-refractivity contribution is -0.119. The molecule has 1 aliphatic heterocycles. The highest BCUT2D eigenvalue weighted by atomic mass is 16.3. The number of nitrogens with zero attached hydrogens (tertiary/aromatic N) is 5. The van der Waals surface area contributed by atoms with Gasteiger partial charge in [0, 0.05) is 23.4 Å². The maximum atomic E-state index is 12.6. The van der Waals surface area contributed by atoms with Gasteiger partial charge < -0.3 is 10.4 Å². The number of aromatic nitrogens is 5. The van der Waals surface area contributed by atoms with Crippen LogP contribution in [0.1, 0.15) is 31.9 Å².